The Hall–Kier alpha value is -0.870. The summed E-state index contributed by atoms with van der Waals surface area (Å²) in [5.41, 5.74) is 0.708. The zero-order valence-electron chi connectivity index (χ0n) is 16.8. The van der Waals surface area contributed by atoms with Crippen LogP contribution >= 0.6 is 7.82 Å². The third-order valence-corrected chi connectivity index (χ3v) is 5.85. The van der Waals surface area contributed by atoms with E-state index in [1.807, 2.05) is 6.07 Å². The molecule has 1 aromatic carbocycles. The molecule has 0 bridgehead atoms. The van der Waals surface area contributed by atoms with Gasteiger partial charge in [-0.15, -0.1) is 0 Å². The Morgan fingerprint density at radius 3 is 2.45 bits per heavy atom. The molecule has 0 N–H and O–H groups in total. The van der Waals surface area contributed by atoms with Gasteiger partial charge in [0.1, 0.15) is 24.4 Å². The largest absolute Gasteiger partial charge is 0.756 e. The molecule has 162 valence electrons. The smallest absolute Gasteiger partial charge is 0.268 e. The number of phosphoric ester groups is 1. The minimum Gasteiger partial charge on any atom is -0.756 e. The third-order valence-electron chi connectivity index (χ3n) is 4.91. The van der Waals surface area contributed by atoms with Crippen LogP contribution in [0.1, 0.15) is 33.3 Å². The number of phosphoric acid groups is 1. The molecule has 3 fully saturated rings. The minimum atomic E-state index is -4.67. The second-order valence-corrected chi connectivity index (χ2v) is 9.58. The number of hydrogen-bond acceptors (Lipinski definition) is 9. The van der Waals surface area contributed by atoms with Crippen LogP contribution in [0, 0.1) is 0 Å². The second kappa shape index (κ2) is 7.67. The maximum Gasteiger partial charge on any atom is 0.268 e. The maximum atomic E-state index is 12.6. The summed E-state index contributed by atoms with van der Waals surface area (Å²) in [7, 11) is -4.67. The van der Waals surface area contributed by atoms with Gasteiger partial charge in [0.05, 0.1) is 13.2 Å². The molecular formula is C19H26O9P-. The van der Waals surface area contributed by atoms with Gasteiger partial charge < -0.3 is 37.6 Å². The average Bonchev–Trinajstić information content (AvgIpc) is 3.24. The Morgan fingerprint density at radius 1 is 1.07 bits per heavy atom. The lowest BCUT2D eigenvalue weighted by atomic mass is 10.1. The lowest BCUT2D eigenvalue weighted by Gasteiger charge is -2.33. The molecule has 9 nitrogen and oxygen atoms in total. The van der Waals surface area contributed by atoms with Crippen LogP contribution < -0.4 is 4.89 Å². The van der Waals surface area contributed by atoms with Crippen molar-refractivity contribution in [3.63, 3.8) is 0 Å². The summed E-state index contributed by atoms with van der Waals surface area (Å²) >= 11 is 0. The van der Waals surface area contributed by atoms with E-state index < -0.39 is 50.1 Å². The number of benzene rings is 1. The van der Waals surface area contributed by atoms with Gasteiger partial charge in [0.15, 0.2) is 17.9 Å². The van der Waals surface area contributed by atoms with E-state index >= 15 is 0 Å². The molecule has 0 saturated carbocycles. The van der Waals surface area contributed by atoms with Crippen LogP contribution in [0.3, 0.4) is 0 Å². The van der Waals surface area contributed by atoms with Crippen LogP contribution in [0.25, 0.3) is 0 Å². The fourth-order valence-corrected chi connectivity index (χ4v) is 4.61. The molecule has 6 atom stereocenters. The van der Waals surface area contributed by atoms with E-state index in [9.17, 15) is 9.46 Å². The van der Waals surface area contributed by atoms with Crippen molar-refractivity contribution >= 4 is 7.82 Å². The highest BCUT2D eigenvalue weighted by Crippen LogP contribution is 2.49. The maximum absolute atomic E-state index is 12.6. The van der Waals surface area contributed by atoms with Crippen molar-refractivity contribution in [2.45, 2.75) is 76.6 Å². The van der Waals surface area contributed by atoms with Crippen molar-refractivity contribution in [3.8, 4) is 0 Å². The van der Waals surface area contributed by atoms with E-state index in [1.54, 1.807) is 52.0 Å². The highest BCUT2D eigenvalue weighted by Gasteiger charge is 2.59. The average molecular weight is 429 g/mol. The molecule has 10 heteroatoms. The predicted octanol–water partition coefficient (Wildman–Crippen LogP) is 2.08. The molecule has 3 aliphatic rings. The molecule has 0 radical (unpaired) electrons. The van der Waals surface area contributed by atoms with E-state index in [-0.39, 0.29) is 13.2 Å². The van der Waals surface area contributed by atoms with Gasteiger partial charge in [0.2, 0.25) is 0 Å². The summed E-state index contributed by atoms with van der Waals surface area (Å²) in [5, 5.41) is 0. The van der Waals surface area contributed by atoms with Gasteiger partial charge >= 0.3 is 0 Å². The molecule has 3 aliphatic heterocycles. The second-order valence-electron chi connectivity index (χ2n) is 8.21. The first-order chi connectivity index (χ1) is 13.5. The van der Waals surface area contributed by atoms with Crippen molar-refractivity contribution in [1.29, 1.82) is 0 Å². The van der Waals surface area contributed by atoms with Crippen molar-refractivity contribution in [2.24, 2.45) is 0 Å². The van der Waals surface area contributed by atoms with Gasteiger partial charge in [-0.1, -0.05) is 30.3 Å². The van der Waals surface area contributed by atoms with Gasteiger partial charge in [-0.25, -0.2) is 0 Å². The van der Waals surface area contributed by atoms with Crippen LogP contribution in [-0.4, -0.2) is 48.9 Å². The molecule has 3 heterocycles. The van der Waals surface area contributed by atoms with Gasteiger partial charge in [-0.3, -0.25) is 4.57 Å². The predicted molar refractivity (Wildman–Crippen MR) is 97.3 cm³/mol. The van der Waals surface area contributed by atoms with Gasteiger partial charge in [0, 0.05) is 0 Å². The lowest BCUT2D eigenvalue weighted by molar-refractivity contribution is -0.252. The third kappa shape index (κ3) is 4.90. The molecule has 3 saturated heterocycles. The number of hydrogen-bond donors (Lipinski definition) is 0. The molecule has 0 amide bonds. The van der Waals surface area contributed by atoms with E-state index in [0.717, 1.165) is 0 Å². The van der Waals surface area contributed by atoms with E-state index in [4.69, 9.17) is 32.7 Å². The molecule has 1 aromatic rings. The topological polar surface area (TPSA) is 105 Å². The molecule has 4 rings (SSSR count). The fraction of sp³-hybridized carbons (Fsp3) is 0.684. The first kappa shape index (κ1) is 21.4. The Balaban J connectivity index is 1.48. The summed E-state index contributed by atoms with van der Waals surface area (Å²) < 4.78 is 52.0. The van der Waals surface area contributed by atoms with Gasteiger partial charge in [-0.2, -0.15) is 0 Å². The Kier molecular flexibility index (Phi) is 5.65. The van der Waals surface area contributed by atoms with Crippen LogP contribution in [-0.2, 0) is 43.9 Å². The van der Waals surface area contributed by atoms with Crippen molar-refractivity contribution < 1.29 is 42.2 Å². The van der Waals surface area contributed by atoms with Crippen molar-refractivity contribution in [1.82, 2.24) is 0 Å². The summed E-state index contributed by atoms with van der Waals surface area (Å²) in [6, 6.07) is 8.96. The lowest BCUT2D eigenvalue weighted by Crippen LogP contribution is -2.44. The highest BCUT2D eigenvalue weighted by molar-refractivity contribution is 7.45. The number of rotatable bonds is 6. The zero-order valence-corrected chi connectivity index (χ0v) is 17.7. The quantitative estimate of drug-likeness (QED) is 0.629. The summed E-state index contributed by atoms with van der Waals surface area (Å²) in [4.78, 5) is 12.6. The summed E-state index contributed by atoms with van der Waals surface area (Å²) in [6.07, 6.45) is -3.81. The Labute approximate surface area is 169 Å². The van der Waals surface area contributed by atoms with Gasteiger partial charge in [-0.05, 0) is 33.3 Å². The summed E-state index contributed by atoms with van der Waals surface area (Å²) in [5.74, 6) is -1.73. The summed E-state index contributed by atoms with van der Waals surface area (Å²) in [6.45, 7) is 7.09. The van der Waals surface area contributed by atoms with E-state index in [2.05, 4.69) is 0 Å². The van der Waals surface area contributed by atoms with Crippen molar-refractivity contribution in [3.05, 3.63) is 35.9 Å². The van der Waals surface area contributed by atoms with Gasteiger partial charge in [0.25, 0.3) is 7.82 Å². The monoisotopic (exact) mass is 429 g/mol. The van der Waals surface area contributed by atoms with Crippen LogP contribution in [0.5, 0.6) is 0 Å². The molecule has 0 aromatic heterocycles. The molecular weight excluding hydrogens is 403 g/mol. The van der Waals surface area contributed by atoms with Crippen LogP contribution in [0.2, 0.25) is 0 Å². The van der Waals surface area contributed by atoms with Crippen LogP contribution in [0.15, 0.2) is 30.3 Å². The SMILES string of the molecule is CC1(C)O[C@H]2O[C@H]([C@H]3COC(C)(C)O3)[C@H](OP(=O)([O-])OCc3ccccc3)[C@H]2O1. The normalized spacial score (nSPS) is 37.3. The number of ether oxygens (including phenoxy) is 5. The fourth-order valence-electron chi connectivity index (χ4n) is 3.71. The minimum absolute atomic E-state index is 0.132. The molecule has 0 spiro atoms. The highest BCUT2D eigenvalue weighted by atomic mass is 31.2. The van der Waals surface area contributed by atoms with E-state index in [0.29, 0.717) is 5.56 Å². The molecule has 29 heavy (non-hydrogen) atoms. The first-order valence-electron chi connectivity index (χ1n) is 9.54. The number of fused-ring (bicyclic) bond motifs is 1. The first-order valence-corrected chi connectivity index (χ1v) is 11.0. The standard InChI is InChI=1S/C19H27O9P/c1-18(2)22-11-13(25-18)14-15(16-17(24-14)27-19(3,4)26-16)28-29(20,21)23-10-12-8-6-5-7-9-12/h5-9,13-17H,10-11H2,1-4H3,(H,20,21)/p-1/t13-,14-,15+,16-,17-/m1/s1. The van der Waals surface area contributed by atoms with Crippen molar-refractivity contribution in [2.75, 3.05) is 6.61 Å². The van der Waals surface area contributed by atoms with E-state index in [1.165, 1.54) is 0 Å². The Bertz CT molecular complexity index is 768. The van der Waals surface area contributed by atoms with Crippen LogP contribution in [0.4, 0.5) is 0 Å². The molecule has 0 aliphatic carbocycles. The zero-order chi connectivity index (χ0) is 20.9. The molecule has 1 unspecified atom stereocenters. The Morgan fingerprint density at radius 2 is 1.79 bits per heavy atom.